The molecular formula is C25H18Cl2FN5O. The highest BCUT2D eigenvalue weighted by Gasteiger charge is 2.18. The van der Waals surface area contributed by atoms with Gasteiger partial charge in [-0.3, -0.25) is 4.79 Å². The fraction of sp³-hybridized carbons (Fsp3) is 0.0400. The maximum atomic E-state index is 13.9. The first kappa shape index (κ1) is 23.4. The van der Waals surface area contributed by atoms with Gasteiger partial charge in [0.1, 0.15) is 17.3 Å². The maximum absolute atomic E-state index is 13.9. The predicted octanol–water partition coefficient (Wildman–Crippen LogP) is 6.23. The Balaban J connectivity index is 0.00000274. The van der Waals surface area contributed by atoms with Gasteiger partial charge in [0, 0.05) is 34.1 Å². The Labute approximate surface area is 205 Å². The van der Waals surface area contributed by atoms with Crippen LogP contribution in [0.3, 0.4) is 0 Å². The minimum absolute atomic E-state index is 0. The van der Waals surface area contributed by atoms with Gasteiger partial charge in [0.2, 0.25) is 0 Å². The molecule has 0 fully saturated rings. The average Bonchev–Trinajstić information content (AvgIpc) is 3.21. The number of carbonyl (C=O) groups excluding carboxylic acids is 1. The third kappa shape index (κ3) is 4.48. The van der Waals surface area contributed by atoms with Crippen molar-refractivity contribution < 1.29 is 9.18 Å². The van der Waals surface area contributed by atoms with E-state index < -0.39 is 0 Å². The fourth-order valence-electron chi connectivity index (χ4n) is 3.58. The van der Waals surface area contributed by atoms with Crippen molar-refractivity contribution >= 4 is 41.4 Å². The second-order valence-corrected chi connectivity index (χ2v) is 7.89. The lowest BCUT2D eigenvalue weighted by molar-refractivity contribution is 0.102. The summed E-state index contributed by atoms with van der Waals surface area (Å²) < 4.78 is 15.6. The summed E-state index contributed by atoms with van der Waals surface area (Å²) in [5, 5.41) is 7.81. The Bertz CT molecular complexity index is 1500. The number of hydrogen-bond donors (Lipinski definition) is 1. The number of carbonyl (C=O) groups is 1. The van der Waals surface area contributed by atoms with Gasteiger partial charge in [0.25, 0.3) is 5.91 Å². The third-order valence-corrected chi connectivity index (χ3v) is 5.46. The van der Waals surface area contributed by atoms with Crippen molar-refractivity contribution in [2.75, 3.05) is 5.32 Å². The Morgan fingerprint density at radius 1 is 1.00 bits per heavy atom. The summed E-state index contributed by atoms with van der Waals surface area (Å²) in [5.74, 6) is -0.208. The average molecular weight is 494 g/mol. The molecule has 2 aromatic carbocycles. The van der Waals surface area contributed by atoms with E-state index in [9.17, 15) is 9.18 Å². The summed E-state index contributed by atoms with van der Waals surface area (Å²) in [6.45, 7) is 1.71. The summed E-state index contributed by atoms with van der Waals surface area (Å²) >= 11 is 5.91. The Kier molecular flexibility index (Phi) is 6.58. The zero-order chi connectivity index (χ0) is 22.9. The topological polar surface area (TPSA) is 72.2 Å². The minimum atomic E-state index is -0.304. The molecule has 0 atom stereocenters. The van der Waals surface area contributed by atoms with Crippen molar-refractivity contribution in [1.29, 1.82) is 0 Å². The first-order valence-corrected chi connectivity index (χ1v) is 10.5. The summed E-state index contributed by atoms with van der Waals surface area (Å²) in [5.41, 5.74) is 4.50. The van der Waals surface area contributed by atoms with Gasteiger partial charge in [-0.2, -0.15) is 5.10 Å². The van der Waals surface area contributed by atoms with Gasteiger partial charge in [-0.05, 0) is 79.2 Å². The number of benzene rings is 2. The molecule has 170 valence electrons. The van der Waals surface area contributed by atoms with Gasteiger partial charge in [-0.25, -0.2) is 18.9 Å². The quantitative estimate of drug-likeness (QED) is 0.321. The number of nitrogens with zero attached hydrogens (tertiary/aromatic N) is 4. The first-order valence-electron chi connectivity index (χ1n) is 10.1. The van der Waals surface area contributed by atoms with Crippen molar-refractivity contribution in [1.82, 2.24) is 19.6 Å². The van der Waals surface area contributed by atoms with Gasteiger partial charge in [0.15, 0.2) is 5.65 Å². The highest BCUT2D eigenvalue weighted by molar-refractivity contribution is 6.30. The molecule has 6 nitrogen and oxygen atoms in total. The van der Waals surface area contributed by atoms with Crippen molar-refractivity contribution in [2.45, 2.75) is 6.92 Å². The standard InChI is InChI=1S/C25H17ClFN5O.ClH/c1-15-13-17(6-9-20(15)27)23-24(32-22(31-23)3-2-11-29-32)18-10-12-28-21(14-18)30-25(33)16-4-7-19(26)8-5-16;/h2-14H,1H3,(H,28,30,33);1H. The van der Waals surface area contributed by atoms with Gasteiger partial charge in [-0.15, -0.1) is 12.4 Å². The van der Waals surface area contributed by atoms with Crippen molar-refractivity contribution in [3.63, 3.8) is 0 Å². The van der Waals surface area contributed by atoms with E-state index in [1.807, 2.05) is 12.1 Å². The molecule has 0 bridgehead atoms. The van der Waals surface area contributed by atoms with Crippen molar-refractivity contribution in [2.24, 2.45) is 0 Å². The van der Waals surface area contributed by atoms with Crippen LogP contribution in [0.15, 0.2) is 79.1 Å². The van der Waals surface area contributed by atoms with E-state index >= 15 is 0 Å². The molecular weight excluding hydrogens is 476 g/mol. The Morgan fingerprint density at radius 3 is 2.56 bits per heavy atom. The molecule has 9 heteroatoms. The van der Waals surface area contributed by atoms with Crippen LogP contribution in [0.1, 0.15) is 15.9 Å². The molecule has 5 rings (SSSR count). The highest BCUT2D eigenvalue weighted by atomic mass is 35.5. The SMILES string of the molecule is Cc1cc(-c2nc3cccnn3c2-c2ccnc(NC(=O)c3ccc(Cl)cc3)c2)ccc1F.Cl. The van der Waals surface area contributed by atoms with Crippen LogP contribution >= 0.6 is 24.0 Å². The van der Waals surface area contributed by atoms with E-state index in [1.165, 1.54) is 6.07 Å². The van der Waals surface area contributed by atoms with Gasteiger partial charge < -0.3 is 5.32 Å². The molecule has 0 saturated heterocycles. The van der Waals surface area contributed by atoms with E-state index in [4.69, 9.17) is 16.6 Å². The van der Waals surface area contributed by atoms with Crippen LogP contribution in [-0.4, -0.2) is 25.5 Å². The third-order valence-electron chi connectivity index (χ3n) is 5.21. The lowest BCUT2D eigenvalue weighted by Crippen LogP contribution is -2.12. The largest absolute Gasteiger partial charge is 0.307 e. The number of fused-ring (bicyclic) bond motifs is 1. The second-order valence-electron chi connectivity index (χ2n) is 7.46. The van der Waals surface area contributed by atoms with Crippen molar-refractivity contribution in [3.8, 4) is 22.5 Å². The molecule has 5 aromatic rings. The van der Waals surface area contributed by atoms with Crippen LogP contribution in [0.2, 0.25) is 5.02 Å². The normalized spacial score (nSPS) is 10.7. The molecule has 0 aliphatic heterocycles. The number of halogens is 3. The van der Waals surface area contributed by atoms with Gasteiger partial charge in [0.05, 0.1) is 5.69 Å². The molecule has 0 radical (unpaired) electrons. The lowest BCUT2D eigenvalue weighted by Gasteiger charge is -2.09. The molecule has 0 saturated carbocycles. The fourth-order valence-corrected chi connectivity index (χ4v) is 3.70. The van der Waals surface area contributed by atoms with E-state index in [-0.39, 0.29) is 24.1 Å². The number of amides is 1. The molecule has 1 amide bonds. The number of aryl methyl sites for hydroxylation is 1. The van der Waals surface area contributed by atoms with Gasteiger partial charge in [-0.1, -0.05) is 11.6 Å². The zero-order valence-electron chi connectivity index (χ0n) is 17.9. The number of imidazole rings is 1. The summed E-state index contributed by atoms with van der Waals surface area (Å²) in [6, 6.07) is 18.7. The number of anilines is 1. The van der Waals surface area contributed by atoms with E-state index in [2.05, 4.69) is 15.4 Å². The summed E-state index contributed by atoms with van der Waals surface area (Å²) in [4.78, 5) is 21.7. The predicted molar refractivity (Wildman–Crippen MR) is 133 cm³/mol. The highest BCUT2D eigenvalue weighted by Crippen LogP contribution is 2.33. The van der Waals surface area contributed by atoms with Crippen LogP contribution in [0.25, 0.3) is 28.2 Å². The maximum Gasteiger partial charge on any atom is 0.256 e. The first-order chi connectivity index (χ1) is 16.0. The molecule has 3 aromatic heterocycles. The number of rotatable bonds is 4. The molecule has 1 N–H and O–H groups in total. The van der Waals surface area contributed by atoms with Crippen LogP contribution in [0.5, 0.6) is 0 Å². The molecule has 34 heavy (non-hydrogen) atoms. The van der Waals surface area contributed by atoms with Crippen LogP contribution < -0.4 is 5.32 Å². The summed E-state index contributed by atoms with van der Waals surface area (Å²) in [7, 11) is 0. The molecule has 0 aliphatic carbocycles. The second kappa shape index (κ2) is 9.59. The van der Waals surface area contributed by atoms with Crippen LogP contribution in [0.4, 0.5) is 10.2 Å². The minimum Gasteiger partial charge on any atom is -0.307 e. The monoisotopic (exact) mass is 493 g/mol. The smallest absolute Gasteiger partial charge is 0.256 e. The van der Waals surface area contributed by atoms with Crippen molar-refractivity contribution in [3.05, 3.63) is 101 Å². The molecule has 0 spiro atoms. The Morgan fingerprint density at radius 2 is 1.79 bits per heavy atom. The zero-order valence-corrected chi connectivity index (χ0v) is 19.4. The van der Waals surface area contributed by atoms with Gasteiger partial charge >= 0.3 is 0 Å². The molecule has 0 aliphatic rings. The number of aromatic nitrogens is 4. The van der Waals surface area contributed by atoms with E-state index in [0.29, 0.717) is 39.0 Å². The van der Waals surface area contributed by atoms with E-state index in [1.54, 1.807) is 72.4 Å². The number of pyridine rings is 1. The number of nitrogens with one attached hydrogen (secondary N) is 1. The van der Waals surface area contributed by atoms with Crippen LogP contribution in [-0.2, 0) is 0 Å². The summed E-state index contributed by atoms with van der Waals surface area (Å²) in [6.07, 6.45) is 3.27. The Hall–Kier alpha value is -3.81. The molecule has 3 heterocycles. The van der Waals surface area contributed by atoms with E-state index in [0.717, 1.165) is 11.1 Å². The lowest BCUT2D eigenvalue weighted by atomic mass is 10.0. The molecule has 0 unspecified atom stereocenters. The number of hydrogen-bond acceptors (Lipinski definition) is 4. The van der Waals surface area contributed by atoms with Crippen LogP contribution in [0, 0.1) is 12.7 Å².